The fraction of sp³-hybridized carbons (Fsp3) is 0.200. The van der Waals surface area contributed by atoms with Crippen LogP contribution in [0.2, 0.25) is 0 Å². The molecule has 134 valence electrons. The Labute approximate surface area is 142 Å². The highest BCUT2D eigenvalue weighted by Crippen LogP contribution is 2.31. The van der Waals surface area contributed by atoms with Gasteiger partial charge in [-0.05, 0) is 36.4 Å². The average Bonchev–Trinajstić information content (AvgIpc) is 2.54. The van der Waals surface area contributed by atoms with Crippen LogP contribution in [0.4, 0.5) is 24.5 Å². The zero-order chi connectivity index (χ0) is 18.8. The van der Waals surface area contributed by atoms with Gasteiger partial charge in [-0.1, -0.05) is 0 Å². The van der Waals surface area contributed by atoms with Crippen molar-refractivity contribution in [2.45, 2.75) is 11.1 Å². The number of nitro groups is 1. The van der Waals surface area contributed by atoms with Crippen LogP contribution in [-0.2, 0) is 16.1 Å². The molecule has 25 heavy (non-hydrogen) atoms. The van der Waals surface area contributed by atoms with Crippen molar-refractivity contribution in [2.24, 2.45) is 4.36 Å². The van der Waals surface area contributed by atoms with Gasteiger partial charge in [0, 0.05) is 26.2 Å². The van der Waals surface area contributed by atoms with Crippen molar-refractivity contribution < 1.29 is 22.3 Å². The van der Waals surface area contributed by atoms with Crippen molar-refractivity contribution in [1.82, 2.24) is 4.31 Å². The third-order valence-corrected chi connectivity index (χ3v) is 5.61. The van der Waals surface area contributed by atoms with E-state index < -0.39 is 26.6 Å². The summed E-state index contributed by atoms with van der Waals surface area (Å²) in [5.41, 5.74) is -0.901. The van der Waals surface area contributed by atoms with Crippen LogP contribution in [0.25, 0.3) is 0 Å². The topological polar surface area (TPSA) is 75.8 Å². The Morgan fingerprint density at radius 3 is 1.96 bits per heavy atom. The molecule has 1 unspecified atom stereocenters. The van der Waals surface area contributed by atoms with E-state index in [9.17, 15) is 27.5 Å². The second-order valence-electron chi connectivity index (χ2n) is 5.20. The van der Waals surface area contributed by atoms with Crippen LogP contribution in [0.3, 0.4) is 0 Å². The molecule has 1 atom stereocenters. The highest BCUT2D eigenvalue weighted by molar-refractivity contribution is 7.91. The molecule has 2 aromatic carbocycles. The van der Waals surface area contributed by atoms with Gasteiger partial charge in [0.1, 0.15) is 9.92 Å². The van der Waals surface area contributed by atoms with E-state index in [1.54, 1.807) is 0 Å². The first kappa shape index (κ1) is 18.9. The number of hydrogen-bond donors (Lipinski definition) is 0. The second-order valence-corrected chi connectivity index (χ2v) is 7.57. The highest BCUT2D eigenvalue weighted by Gasteiger charge is 2.30. The van der Waals surface area contributed by atoms with E-state index in [4.69, 9.17) is 0 Å². The van der Waals surface area contributed by atoms with Crippen LogP contribution in [0, 0.1) is 10.1 Å². The molecular formula is C15H14F3N3O3S. The van der Waals surface area contributed by atoms with E-state index in [1.165, 1.54) is 42.7 Å². The molecule has 0 bridgehead atoms. The zero-order valence-corrected chi connectivity index (χ0v) is 14.0. The van der Waals surface area contributed by atoms with Gasteiger partial charge < -0.3 is 0 Å². The Morgan fingerprint density at radius 2 is 1.56 bits per heavy atom. The van der Waals surface area contributed by atoms with Gasteiger partial charge in [0.25, 0.3) is 5.69 Å². The third-order valence-electron chi connectivity index (χ3n) is 3.27. The summed E-state index contributed by atoms with van der Waals surface area (Å²) in [5.74, 6) is 0. The van der Waals surface area contributed by atoms with E-state index in [0.717, 1.165) is 24.3 Å². The van der Waals surface area contributed by atoms with E-state index in [1.807, 2.05) is 0 Å². The van der Waals surface area contributed by atoms with Gasteiger partial charge in [-0.25, -0.2) is 8.51 Å². The predicted octanol–water partition coefficient (Wildman–Crippen LogP) is 4.25. The molecule has 6 nitrogen and oxygen atoms in total. The number of non-ortho nitro benzene ring substituents is 1. The number of halogens is 3. The monoisotopic (exact) mass is 373 g/mol. The molecule has 0 heterocycles. The molecule has 0 aliphatic carbocycles. The van der Waals surface area contributed by atoms with E-state index in [2.05, 4.69) is 4.36 Å². The first-order chi connectivity index (χ1) is 11.5. The quantitative estimate of drug-likeness (QED) is 0.594. The SMILES string of the molecule is CN(C)S(=O)(=Nc1ccc(C(F)(F)F)cc1)c1ccc([N+](=O)[O-])cc1. The van der Waals surface area contributed by atoms with Crippen molar-refractivity contribution >= 4 is 21.3 Å². The van der Waals surface area contributed by atoms with Gasteiger partial charge in [0.15, 0.2) is 0 Å². The zero-order valence-electron chi connectivity index (χ0n) is 13.2. The van der Waals surface area contributed by atoms with Gasteiger partial charge in [0.05, 0.1) is 21.1 Å². The minimum atomic E-state index is -4.47. The fourth-order valence-corrected chi connectivity index (χ4v) is 3.53. The van der Waals surface area contributed by atoms with Crippen LogP contribution in [0.1, 0.15) is 5.56 Å². The lowest BCUT2D eigenvalue weighted by atomic mass is 10.2. The standard InChI is InChI=1S/C15H14F3N3O3S/c1-20(2)25(24,14-9-7-13(8-10-14)21(22)23)19-12-5-3-11(4-6-12)15(16,17)18/h3-10H,1-2H3. The second kappa shape index (κ2) is 6.81. The first-order valence-corrected chi connectivity index (χ1v) is 8.37. The molecule has 0 saturated heterocycles. The minimum absolute atomic E-state index is 0.102. The molecule has 2 rings (SSSR count). The molecule has 0 fully saturated rings. The lowest BCUT2D eigenvalue weighted by Gasteiger charge is -2.17. The number of nitrogens with zero attached hydrogens (tertiary/aromatic N) is 3. The molecule has 2 aromatic rings. The summed E-state index contributed by atoms with van der Waals surface area (Å²) in [4.78, 5) is 10.3. The Morgan fingerprint density at radius 1 is 1.04 bits per heavy atom. The number of rotatable bonds is 4. The van der Waals surface area contributed by atoms with Crippen LogP contribution in [-0.4, -0.2) is 27.5 Å². The largest absolute Gasteiger partial charge is 0.416 e. The van der Waals surface area contributed by atoms with Crippen molar-refractivity contribution in [3.05, 3.63) is 64.2 Å². The van der Waals surface area contributed by atoms with Gasteiger partial charge >= 0.3 is 6.18 Å². The molecule has 0 spiro atoms. The summed E-state index contributed by atoms with van der Waals surface area (Å²) in [7, 11) is -0.179. The summed E-state index contributed by atoms with van der Waals surface area (Å²) in [6, 6.07) is 8.96. The van der Waals surface area contributed by atoms with Gasteiger partial charge in [-0.3, -0.25) is 10.1 Å². The maximum absolute atomic E-state index is 13.2. The molecular weight excluding hydrogens is 359 g/mol. The molecule has 0 aliphatic rings. The lowest BCUT2D eigenvalue weighted by Crippen LogP contribution is -2.22. The Kier molecular flexibility index (Phi) is 5.14. The normalized spacial score (nSPS) is 14.2. The molecule has 0 saturated carbocycles. The molecule has 0 amide bonds. The third kappa shape index (κ3) is 4.15. The molecule has 0 N–H and O–H groups in total. The summed E-state index contributed by atoms with van der Waals surface area (Å²) < 4.78 is 56.4. The van der Waals surface area contributed by atoms with Crippen LogP contribution in [0.15, 0.2) is 57.8 Å². The summed E-state index contributed by atoms with van der Waals surface area (Å²) in [5, 5.41) is 10.7. The Hall–Kier alpha value is -2.46. The van der Waals surface area contributed by atoms with Crippen molar-refractivity contribution in [3.8, 4) is 0 Å². The predicted molar refractivity (Wildman–Crippen MR) is 86.7 cm³/mol. The van der Waals surface area contributed by atoms with Crippen LogP contribution >= 0.6 is 0 Å². The maximum Gasteiger partial charge on any atom is 0.416 e. The molecule has 0 aromatic heterocycles. The summed E-state index contributed by atoms with van der Waals surface area (Å²) in [6.07, 6.45) is -4.47. The fourth-order valence-electron chi connectivity index (χ4n) is 1.94. The van der Waals surface area contributed by atoms with Crippen molar-refractivity contribution in [2.75, 3.05) is 14.1 Å². The number of alkyl halides is 3. The summed E-state index contributed by atoms with van der Waals surface area (Å²) >= 11 is 0. The highest BCUT2D eigenvalue weighted by atomic mass is 32.2. The number of benzene rings is 2. The first-order valence-electron chi connectivity index (χ1n) is 6.90. The lowest BCUT2D eigenvalue weighted by molar-refractivity contribution is -0.384. The van der Waals surface area contributed by atoms with Gasteiger partial charge in [-0.15, -0.1) is 0 Å². The minimum Gasteiger partial charge on any atom is -0.258 e. The van der Waals surface area contributed by atoms with Crippen LogP contribution < -0.4 is 0 Å². The molecule has 10 heteroatoms. The van der Waals surface area contributed by atoms with E-state index in [0.29, 0.717) is 0 Å². The smallest absolute Gasteiger partial charge is 0.258 e. The maximum atomic E-state index is 13.2. The van der Waals surface area contributed by atoms with E-state index in [-0.39, 0.29) is 16.3 Å². The number of hydrogen-bond acceptors (Lipinski definition) is 4. The van der Waals surface area contributed by atoms with Crippen LogP contribution in [0.5, 0.6) is 0 Å². The summed E-state index contributed by atoms with van der Waals surface area (Å²) in [6.45, 7) is 0. The van der Waals surface area contributed by atoms with Gasteiger partial charge in [-0.2, -0.15) is 17.5 Å². The van der Waals surface area contributed by atoms with Crippen molar-refractivity contribution in [3.63, 3.8) is 0 Å². The van der Waals surface area contributed by atoms with E-state index >= 15 is 0 Å². The average molecular weight is 373 g/mol. The Bertz CT molecular complexity index is 885. The Balaban J connectivity index is 2.50. The molecule has 0 radical (unpaired) electrons. The van der Waals surface area contributed by atoms with Crippen molar-refractivity contribution in [1.29, 1.82) is 0 Å². The van der Waals surface area contributed by atoms with Gasteiger partial charge in [0.2, 0.25) is 0 Å². The number of nitro benzene ring substituents is 1. The molecule has 0 aliphatic heterocycles.